The highest BCUT2D eigenvalue weighted by Crippen LogP contribution is 2.30. The highest BCUT2D eigenvalue weighted by Gasteiger charge is 2.20. The standard InChI is InChI=1S/C16H29N3/c1-4-10-19-12-13(3)18-16(19)17-11-15-8-6-14(5-2)7-9-15/h12,14-15H,4-11H2,1-3H3,(H,17,18). The Labute approximate surface area is 117 Å². The van der Waals surface area contributed by atoms with Gasteiger partial charge in [0.2, 0.25) is 5.95 Å². The summed E-state index contributed by atoms with van der Waals surface area (Å²) < 4.78 is 2.26. The quantitative estimate of drug-likeness (QED) is 0.832. The zero-order chi connectivity index (χ0) is 13.7. The zero-order valence-electron chi connectivity index (χ0n) is 12.8. The average Bonchev–Trinajstić information content (AvgIpc) is 2.78. The van der Waals surface area contributed by atoms with Crippen molar-refractivity contribution in [3.8, 4) is 0 Å². The van der Waals surface area contributed by atoms with Gasteiger partial charge in [0.05, 0.1) is 5.69 Å². The molecule has 1 saturated carbocycles. The molecule has 1 aliphatic carbocycles. The smallest absolute Gasteiger partial charge is 0.203 e. The van der Waals surface area contributed by atoms with E-state index in [1.807, 2.05) is 0 Å². The molecule has 3 nitrogen and oxygen atoms in total. The van der Waals surface area contributed by atoms with Crippen LogP contribution in [0, 0.1) is 18.8 Å². The van der Waals surface area contributed by atoms with E-state index in [0.29, 0.717) is 0 Å². The Morgan fingerprint density at radius 2 is 1.89 bits per heavy atom. The van der Waals surface area contributed by atoms with Gasteiger partial charge in [-0.25, -0.2) is 4.98 Å². The van der Waals surface area contributed by atoms with Gasteiger partial charge >= 0.3 is 0 Å². The minimum atomic E-state index is 0.842. The number of hydrogen-bond donors (Lipinski definition) is 1. The van der Waals surface area contributed by atoms with Crippen LogP contribution in [-0.2, 0) is 6.54 Å². The Kier molecular flexibility index (Phi) is 5.29. The molecular weight excluding hydrogens is 234 g/mol. The zero-order valence-corrected chi connectivity index (χ0v) is 12.8. The van der Waals surface area contributed by atoms with Crippen LogP contribution >= 0.6 is 0 Å². The van der Waals surface area contributed by atoms with E-state index >= 15 is 0 Å². The highest BCUT2D eigenvalue weighted by molar-refractivity contribution is 5.28. The normalized spacial score (nSPS) is 23.5. The van der Waals surface area contributed by atoms with Crippen molar-refractivity contribution in [3.63, 3.8) is 0 Å². The molecule has 0 amide bonds. The Morgan fingerprint density at radius 3 is 2.53 bits per heavy atom. The molecule has 1 aliphatic rings. The van der Waals surface area contributed by atoms with Crippen molar-refractivity contribution in [1.82, 2.24) is 9.55 Å². The van der Waals surface area contributed by atoms with Gasteiger partial charge in [-0.3, -0.25) is 0 Å². The molecule has 1 aromatic rings. The van der Waals surface area contributed by atoms with Crippen LogP contribution < -0.4 is 5.32 Å². The molecule has 19 heavy (non-hydrogen) atoms. The first kappa shape index (κ1) is 14.4. The number of imidazole rings is 1. The largest absolute Gasteiger partial charge is 0.355 e. The number of rotatable bonds is 6. The summed E-state index contributed by atoms with van der Waals surface area (Å²) in [6.07, 6.45) is 10.3. The molecule has 0 radical (unpaired) electrons. The van der Waals surface area contributed by atoms with Crippen molar-refractivity contribution in [2.45, 2.75) is 65.8 Å². The summed E-state index contributed by atoms with van der Waals surface area (Å²) in [6, 6.07) is 0. The van der Waals surface area contributed by atoms with E-state index in [1.54, 1.807) is 0 Å². The number of aryl methyl sites for hydroxylation is 2. The molecule has 0 atom stereocenters. The van der Waals surface area contributed by atoms with Crippen LogP contribution in [0.2, 0.25) is 0 Å². The summed E-state index contributed by atoms with van der Waals surface area (Å²) in [5.41, 5.74) is 1.12. The maximum atomic E-state index is 4.60. The lowest BCUT2D eigenvalue weighted by Crippen LogP contribution is -2.22. The van der Waals surface area contributed by atoms with Gasteiger partial charge in [0.25, 0.3) is 0 Å². The molecule has 1 aromatic heterocycles. The van der Waals surface area contributed by atoms with Gasteiger partial charge in [-0.05, 0) is 38.0 Å². The second-order valence-electron chi connectivity index (χ2n) is 6.08. The van der Waals surface area contributed by atoms with Crippen molar-refractivity contribution >= 4 is 5.95 Å². The van der Waals surface area contributed by atoms with Gasteiger partial charge in [-0.15, -0.1) is 0 Å². The molecule has 2 rings (SSSR count). The lowest BCUT2D eigenvalue weighted by atomic mass is 9.81. The average molecular weight is 263 g/mol. The maximum Gasteiger partial charge on any atom is 0.203 e. The minimum Gasteiger partial charge on any atom is -0.355 e. The van der Waals surface area contributed by atoms with Gasteiger partial charge in [0.1, 0.15) is 0 Å². The topological polar surface area (TPSA) is 29.9 Å². The summed E-state index contributed by atoms with van der Waals surface area (Å²) in [4.78, 5) is 4.60. The van der Waals surface area contributed by atoms with Gasteiger partial charge < -0.3 is 9.88 Å². The third kappa shape index (κ3) is 3.99. The number of nitrogens with zero attached hydrogens (tertiary/aromatic N) is 2. The van der Waals surface area contributed by atoms with E-state index < -0.39 is 0 Å². The highest BCUT2D eigenvalue weighted by atomic mass is 15.2. The number of aromatic nitrogens is 2. The van der Waals surface area contributed by atoms with E-state index in [2.05, 4.69) is 41.8 Å². The van der Waals surface area contributed by atoms with Crippen LogP contribution in [-0.4, -0.2) is 16.1 Å². The fourth-order valence-corrected chi connectivity index (χ4v) is 3.18. The van der Waals surface area contributed by atoms with Crippen molar-refractivity contribution in [3.05, 3.63) is 11.9 Å². The third-order valence-corrected chi connectivity index (χ3v) is 4.45. The summed E-state index contributed by atoms with van der Waals surface area (Å²) in [7, 11) is 0. The number of nitrogens with one attached hydrogen (secondary N) is 1. The lowest BCUT2D eigenvalue weighted by molar-refractivity contribution is 0.278. The SMILES string of the molecule is CCCn1cc(C)nc1NCC1CCC(CC)CC1. The summed E-state index contributed by atoms with van der Waals surface area (Å²) in [5, 5.41) is 3.57. The van der Waals surface area contributed by atoms with Crippen LogP contribution in [0.5, 0.6) is 0 Å². The van der Waals surface area contributed by atoms with Gasteiger partial charge in [-0.2, -0.15) is 0 Å². The summed E-state index contributed by atoms with van der Waals surface area (Å²) >= 11 is 0. The molecule has 0 bridgehead atoms. The molecule has 0 aliphatic heterocycles. The van der Waals surface area contributed by atoms with Crippen LogP contribution in [0.4, 0.5) is 5.95 Å². The van der Waals surface area contributed by atoms with Gasteiger partial charge in [-0.1, -0.05) is 33.1 Å². The van der Waals surface area contributed by atoms with Crippen LogP contribution in [0.1, 0.15) is 58.1 Å². The van der Waals surface area contributed by atoms with E-state index in [9.17, 15) is 0 Å². The van der Waals surface area contributed by atoms with Crippen molar-refractivity contribution in [1.29, 1.82) is 0 Å². The van der Waals surface area contributed by atoms with Gasteiger partial charge in [0, 0.05) is 19.3 Å². The monoisotopic (exact) mass is 263 g/mol. The molecule has 0 spiro atoms. The molecule has 0 saturated heterocycles. The Balaban J connectivity index is 1.82. The van der Waals surface area contributed by atoms with E-state index in [4.69, 9.17) is 0 Å². The molecule has 1 fully saturated rings. The number of anilines is 1. The first-order valence-electron chi connectivity index (χ1n) is 8.00. The second-order valence-corrected chi connectivity index (χ2v) is 6.08. The fourth-order valence-electron chi connectivity index (χ4n) is 3.18. The Hall–Kier alpha value is -0.990. The second kappa shape index (κ2) is 6.97. The molecule has 0 unspecified atom stereocenters. The Morgan fingerprint density at radius 1 is 1.21 bits per heavy atom. The lowest BCUT2D eigenvalue weighted by Gasteiger charge is -2.28. The fraction of sp³-hybridized carbons (Fsp3) is 0.812. The first-order valence-corrected chi connectivity index (χ1v) is 8.00. The minimum absolute atomic E-state index is 0.842. The van der Waals surface area contributed by atoms with E-state index in [-0.39, 0.29) is 0 Å². The van der Waals surface area contributed by atoms with Crippen molar-refractivity contribution < 1.29 is 0 Å². The third-order valence-electron chi connectivity index (χ3n) is 4.45. The van der Waals surface area contributed by atoms with E-state index in [1.165, 1.54) is 32.1 Å². The molecule has 108 valence electrons. The summed E-state index contributed by atoms with van der Waals surface area (Å²) in [5.74, 6) is 2.90. The van der Waals surface area contributed by atoms with Crippen molar-refractivity contribution in [2.24, 2.45) is 11.8 Å². The van der Waals surface area contributed by atoms with E-state index in [0.717, 1.165) is 43.0 Å². The Bertz CT molecular complexity index is 375. The van der Waals surface area contributed by atoms with Crippen LogP contribution in [0.15, 0.2) is 6.20 Å². The van der Waals surface area contributed by atoms with Gasteiger partial charge in [0.15, 0.2) is 0 Å². The van der Waals surface area contributed by atoms with Crippen molar-refractivity contribution in [2.75, 3.05) is 11.9 Å². The predicted octanol–water partition coefficient (Wildman–Crippen LogP) is 4.23. The van der Waals surface area contributed by atoms with Crippen LogP contribution in [0.3, 0.4) is 0 Å². The number of hydrogen-bond acceptors (Lipinski definition) is 2. The molecule has 0 aromatic carbocycles. The molecule has 1 heterocycles. The summed E-state index contributed by atoms with van der Waals surface area (Å²) in [6.45, 7) is 8.77. The maximum absolute atomic E-state index is 4.60. The molecule has 1 N–H and O–H groups in total. The molecule has 3 heteroatoms. The first-order chi connectivity index (χ1) is 9.22. The van der Waals surface area contributed by atoms with Crippen LogP contribution in [0.25, 0.3) is 0 Å². The predicted molar refractivity (Wildman–Crippen MR) is 81.5 cm³/mol. The molecular formula is C16H29N3.